The first-order chi connectivity index (χ1) is 6.91. The van der Waals surface area contributed by atoms with Crippen LogP contribution in [0.25, 0.3) is 0 Å². The van der Waals surface area contributed by atoms with Gasteiger partial charge < -0.3 is 9.67 Å². The average Bonchev–Trinajstić information content (AvgIpc) is 2.10. The lowest BCUT2D eigenvalue weighted by Gasteiger charge is -2.16. The number of pyridine rings is 1. The maximum atomic E-state index is 11.2. The second-order valence-corrected chi connectivity index (χ2v) is 3.82. The fraction of sp³-hybridized carbons (Fsp3) is 0.455. The van der Waals surface area contributed by atoms with Crippen LogP contribution < -0.4 is 5.43 Å². The summed E-state index contributed by atoms with van der Waals surface area (Å²) in [6.07, 6.45) is 0. The average molecular weight is 209 g/mol. The van der Waals surface area contributed by atoms with Gasteiger partial charge in [0, 0.05) is 30.1 Å². The van der Waals surface area contributed by atoms with Crippen LogP contribution in [0.15, 0.2) is 16.9 Å². The smallest absolute Gasteiger partial charge is 0.308 e. The Morgan fingerprint density at radius 1 is 1.40 bits per heavy atom. The van der Waals surface area contributed by atoms with Gasteiger partial charge in [-0.3, -0.25) is 9.59 Å². The Morgan fingerprint density at radius 2 is 1.87 bits per heavy atom. The molecule has 4 nitrogen and oxygen atoms in total. The molecule has 15 heavy (non-hydrogen) atoms. The number of rotatable bonds is 3. The number of nitrogens with zero attached hydrogens (tertiary/aromatic N) is 1. The molecule has 1 atom stereocenters. The molecule has 82 valence electrons. The van der Waals surface area contributed by atoms with Gasteiger partial charge in [0.25, 0.3) is 0 Å². The third-order valence-electron chi connectivity index (χ3n) is 2.43. The summed E-state index contributed by atoms with van der Waals surface area (Å²) in [6, 6.07) is 3.03. The summed E-state index contributed by atoms with van der Waals surface area (Å²) in [6.45, 7) is 5.67. The molecule has 0 fully saturated rings. The van der Waals surface area contributed by atoms with E-state index < -0.39 is 11.9 Å². The summed E-state index contributed by atoms with van der Waals surface area (Å²) in [5, 5.41) is 8.80. The zero-order chi connectivity index (χ0) is 11.6. The molecule has 1 aromatic rings. The molecule has 0 spiro atoms. The van der Waals surface area contributed by atoms with Crippen LogP contribution in [0.2, 0.25) is 0 Å². The van der Waals surface area contributed by atoms with E-state index in [0.29, 0.717) is 6.54 Å². The summed E-state index contributed by atoms with van der Waals surface area (Å²) in [5.41, 5.74) is 1.56. The van der Waals surface area contributed by atoms with Crippen LogP contribution >= 0.6 is 0 Å². The molecule has 1 N–H and O–H groups in total. The molecule has 1 rings (SSSR count). The fourth-order valence-corrected chi connectivity index (χ4v) is 1.53. The largest absolute Gasteiger partial charge is 0.481 e. The lowest BCUT2D eigenvalue weighted by molar-refractivity contribution is -0.141. The number of aromatic nitrogens is 1. The van der Waals surface area contributed by atoms with Crippen LogP contribution in [0, 0.1) is 19.8 Å². The predicted molar refractivity (Wildman–Crippen MR) is 57.0 cm³/mol. The molecular formula is C11H15NO3. The molecule has 1 heterocycles. The highest BCUT2D eigenvalue weighted by Crippen LogP contribution is 2.07. The lowest BCUT2D eigenvalue weighted by Crippen LogP contribution is -2.21. The molecule has 0 aliphatic rings. The summed E-state index contributed by atoms with van der Waals surface area (Å²) < 4.78 is 1.85. The minimum absolute atomic E-state index is 0.0378. The number of hydrogen-bond donors (Lipinski definition) is 1. The van der Waals surface area contributed by atoms with E-state index in [1.54, 1.807) is 6.92 Å². The number of aliphatic carboxylic acids is 1. The van der Waals surface area contributed by atoms with Crippen molar-refractivity contribution in [3.05, 3.63) is 33.7 Å². The van der Waals surface area contributed by atoms with Crippen LogP contribution in [-0.2, 0) is 11.3 Å². The van der Waals surface area contributed by atoms with Gasteiger partial charge in [-0.1, -0.05) is 6.92 Å². The molecule has 0 saturated carbocycles. The Kier molecular flexibility index (Phi) is 3.29. The van der Waals surface area contributed by atoms with E-state index in [-0.39, 0.29) is 5.43 Å². The lowest BCUT2D eigenvalue weighted by atomic mass is 10.1. The second-order valence-electron chi connectivity index (χ2n) is 3.82. The molecule has 1 aromatic heterocycles. The fourth-order valence-electron chi connectivity index (χ4n) is 1.53. The normalized spacial score (nSPS) is 12.5. The third kappa shape index (κ3) is 2.68. The Labute approximate surface area is 88.2 Å². The third-order valence-corrected chi connectivity index (χ3v) is 2.43. The van der Waals surface area contributed by atoms with Gasteiger partial charge in [0.2, 0.25) is 0 Å². The highest BCUT2D eigenvalue weighted by Gasteiger charge is 2.13. The summed E-state index contributed by atoms with van der Waals surface area (Å²) in [5.74, 6) is -1.28. The zero-order valence-electron chi connectivity index (χ0n) is 9.15. The van der Waals surface area contributed by atoms with E-state index in [2.05, 4.69) is 0 Å². The van der Waals surface area contributed by atoms with Gasteiger partial charge in [-0.05, 0) is 13.8 Å². The molecule has 0 bridgehead atoms. The van der Waals surface area contributed by atoms with Crippen molar-refractivity contribution in [3.63, 3.8) is 0 Å². The molecule has 0 aliphatic carbocycles. The number of carboxylic acids is 1. The molecule has 4 heteroatoms. The highest BCUT2D eigenvalue weighted by molar-refractivity contribution is 5.69. The molecule has 1 unspecified atom stereocenters. The van der Waals surface area contributed by atoms with Crippen molar-refractivity contribution < 1.29 is 9.90 Å². The minimum atomic E-state index is -0.826. The molecule has 0 amide bonds. The monoisotopic (exact) mass is 209 g/mol. The van der Waals surface area contributed by atoms with Crippen molar-refractivity contribution in [3.8, 4) is 0 Å². The van der Waals surface area contributed by atoms with Crippen molar-refractivity contribution in [2.75, 3.05) is 0 Å². The van der Waals surface area contributed by atoms with E-state index in [4.69, 9.17) is 5.11 Å². The van der Waals surface area contributed by atoms with Crippen LogP contribution in [0.3, 0.4) is 0 Å². The van der Waals surface area contributed by atoms with Crippen LogP contribution in [0.4, 0.5) is 0 Å². The first-order valence-electron chi connectivity index (χ1n) is 4.82. The first-order valence-corrected chi connectivity index (χ1v) is 4.82. The second kappa shape index (κ2) is 4.29. The van der Waals surface area contributed by atoms with Crippen LogP contribution in [-0.4, -0.2) is 15.6 Å². The van der Waals surface area contributed by atoms with Gasteiger partial charge >= 0.3 is 5.97 Å². The number of carboxylic acid groups (broad SMARTS) is 1. The molecular weight excluding hydrogens is 194 g/mol. The van der Waals surface area contributed by atoms with Gasteiger partial charge in [-0.2, -0.15) is 0 Å². The molecule has 0 aliphatic heterocycles. The van der Waals surface area contributed by atoms with Crippen LogP contribution in [0.1, 0.15) is 18.3 Å². The summed E-state index contributed by atoms with van der Waals surface area (Å²) in [7, 11) is 0. The van der Waals surface area contributed by atoms with Gasteiger partial charge in [0.05, 0.1) is 5.92 Å². The Morgan fingerprint density at radius 3 is 2.27 bits per heavy atom. The maximum Gasteiger partial charge on any atom is 0.308 e. The van der Waals surface area contributed by atoms with Crippen LogP contribution in [0.5, 0.6) is 0 Å². The van der Waals surface area contributed by atoms with Crippen molar-refractivity contribution in [2.45, 2.75) is 27.3 Å². The Bertz CT molecular complexity index is 408. The molecule has 0 aromatic carbocycles. The SMILES string of the molecule is Cc1cc(=O)cc(C)n1CC(C)C(=O)O. The van der Waals surface area contributed by atoms with E-state index in [9.17, 15) is 9.59 Å². The number of carbonyl (C=O) groups is 1. The minimum Gasteiger partial charge on any atom is -0.481 e. The predicted octanol–water partition coefficient (Wildman–Crippen LogP) is 1.19. The number of aryl methyl sites for hydroxylation is 2. The highest BCUT2D eigenvalue weighted by atomic mass is 16.4. The molecule has 0 radical (unpaired) electrons. The standard InChI is InChI=1S/C11H15NO3/c1-7(11(14)15)6-12-8(2)4-10(13)5-9(12)3/h4-5,7H,6H2,1-3H3,(H,14,15). The summed E-state index contributed by atoms with van der Waals surface area (Å²) in [4.78, 5) is 21.9. The first kappa shape index (κ1) is 11.5. The van der Waals surface area contributed by atoms with Gasteiger partial charge in [0.1, 0.15) is 0 Å². The van der Waals surface area contributed by atoms with E-state index >= 15 is 0 Å². The van der Waals surface area contributed by atoms with Crippen molar-refractivity contribution in [1.29, 1.82) is 0 Å². The molecule has 0 saturated heterocycles. The van der Waals surface area contributed by atoms with Crippen molar-refractivity contribution >= 4 is 5.97 Å². The summed E-state index contributed by atoms with van der Waals surface area (Å²) >= 11 is 0. The van der Waals surface area contributed by atoms with Gasteiger partial charge in [0.15, 0.2) is 5.43 Å². The van der Waals surface area contributed by atoms with E-state index in [1.165, 1.54) is 12.1 Å². The van der Waals surface area contributed by atoms with Crippen molar-refractivity contribution in [2.24, 2.45) is 5.92 Å². The van der Waals surface area contributed by atoms with E-state index in [1.807, 2.05) is 18.4 Å². The van der Waals surface area contributed by atoms with Crippen molar-refractivity contribution in [1.82, 2.24) is 4.57 Å². The number of hydrogen-bond acceptors (Lipinski definition) is 2. The van der Waals surface area contributed by atoms with E-state index in [0.717, 1.165) is 11.4 Å². The Hall–Kier alpha value is -1.58. The Balaban J connectivity index is 3.05. The van der Waals surface area contributed by atoms with Gasteiger partial charge in [-0.15, -0.1) is 0 Å². The topological polar surface area (TPSA) is 59.3 Å². The van der Waals surface area contributed by atoms with Gasteiger partial charge in [-0.25, -0.2) is 0 Å². The quantitative estimate of drug-likeness (QED) is 0.813. The zero-order valence-corrected chi connectivity index (χ0v) is 9.15. The maximum absolute atomic E-state index is 11.2.